The van der Waals surface area contributed by atoms with Gasteiger partial charge < -0.3 is 10.1 Å². The summed E-state index contributed by atoms with van der Waals surface area (Å²) >= 11 is 0. The van der Waals surface area contributed by atoms with E-state index in [1.807, 2.05) is 13.0 Å². The largest absolute Gasteiger partial charge is 0.495 e. The molecule has 0 aliphatic rings. The van der Waals surface area contributed by atoms with Crippen LogP contribution < -0.4 is 14.4 Å². The number of hydrogen-bond donors (Lipinski definition) is 1. The number of nitrogens with zero attached hydrogens (tertiary/aromatic N) is 2. The van der Waals surface area contributed by atoms with Gasteiger partial charge in [-0.2, -0.15) is 0 Å². The van der Waals surface area contributed by atoms with E-state index in [1.165, 1.54) is 32.2 Å². The minimum atomic E-state index is -3.90. The summed E-state index contributed by atoms with van der Waals surface area (Å²) in [6, 6.07) is 9.13. The Labute approximate surface area is 163 Å². The van der Waals surface area contributed by atoms with Gasteiger partial charge in [-0.15, -0.1) is 0 Å². The number of carbonyl (C=O) groups excluding carboxylic acids is 1. The SMILES string of the molecule is COc1ccc(C)cc1NC(=O)[C@H](C)N(c1cccc([N+](=O)[O-])c1)S(C)(=O)=O. The van der Waals surface area contributed by atoms with Crippen molar-refractivity contribution < 1.29 is 22.9 Å². The number of non-ortho nitro benzene ring substituents is 1. The fourth-order valence-electron chi connectivity index (χ4n) is 2.71. The van der Waals surface area contributed by atoms with Crippen molar-refractivity contribution in [3.8, 4) is 5.75 Å². The summed E-state index contributed by atoms with van der Waals surface area (Å²) in [4.78, 5) is 23.2. The first-order valence-electron chi connectivity index (χ1n) is 8.24. The minimum Gasteiger partial charge on any atom is -0.495 e. The van der Waals surface area contributed by atoms with E-state index in [4.69, 9.17) is 4.74 Å². The lowest BCUT2D eigenvalue weighted by Crippen LogP contribution is -2.45. The summed E-state index contributed by atoms with van der Waals surface area (Å²) < 4.78 is 30.7. The summed E-state index contributed by atoms with van der Waals surface area (Å²) in [5, 5.41) is 13.7. The van der Waals surface area contributed by atoms with Crippen LogP contribution in [-0.2, 0) is 14.8 Å². The van der Waals surface area contributed by atoms with Crippen LogP contribution in [0.5, 0.6) is 5.75 Å². The number of methoxy groups -OCH3 is 1. The van der Waals surface area contributed by atoms with E-state index in [9.17, 15) is 23.3 Å². The van der Waals surface area contributed by atoms with Gasteiger partial charge in [0.05, 0.1) is 29.7 Å². The van der Waals surface area contributed by atoms with E-state index in [2.05, 4.69) is 5.32 Å². The molecule has 150 valence electrons. The Kier molecular flexibility index (Phi) is 6.24. The second kappa shape index (κ2) is 8.26. The Morgan fingerprint density at radius 1 is 1.25 bits per heavy atom. The van der Waals surface area contributed by atoms with E-state index in [0.717, 1.165) is 22.2 Å². The Bertz CT molecular complexity index is 1010. The van der Waals surface area contributed by atoms with Gasteiger partial charge in [0.25, 0.3) is 5.69 Å². The first kappa shape index (κ1) is 21.2. The van der Waals surface area contributed by atoms with Crippen LogP contribution in [0.3, 0.4) is 0 Å². The lowest BCUT2D eigenvalue weighted by Gasteiger charge is -2.28. The molecule has 9 nitrogen and oxygen atoms in total. The molecule has 0 fully saturated rings. The average Bonchev–Trinajstić information content (AvgIpc) is 2.61. The standard InChI is InChI=1S/C18H21N3O6S/c1-12-8-9-17(27-3)16(10-12)19-18(22)13(2)20(28(4,25)26)14-6-5-7-15(11-14)21(23)24/h5-11,13H,1-4H3,(H,19,22)/t13-/m0/s1. The van der Waals surface area contributed by atoms with E-state index in [1.54, 1.807) is 12.1 Å². The molecular formula is C18H21N3O6S. The summed E-state index contributed by atoms with van der Waals surface area (Å²) in [6.45, 7) is 3.24. The molecule has 0 radical (unpaired) electrons. The zero-order chi connectivity index (χ0) is 21.1. The topological polar surface area (TPSA) is 119 Å². The molecule has 0 aromatic heterocycles. The number of carbonyl (C=O) groups is 1. The first-order chi connectivity index (χ1) is 13.0. The van der Waals surface area contributed by atoms with Gasteiger partial charge in [0, 0.05) is 12.1 Å². The number of aryl methyl sites for hydroxylation is 1. The maximum Gasteiger partial charge on any atom is 0.271 e. The third-order valence-electron chi connectivity index (χ3n) is 4.00. The second-order valence-electron chi connectivity index (χ2n) is 6.20. The van der Waals surface area contributed by atoms with Crippen LogP contribution in [0, 0.1) is 17.0 Å². The fourth-order valence-corrected chi connectivity index (χ4v) is 3.88. The van der Waals surface area contributed by atoms with Crippen molar-refractivity contribution in [1.29, 1.82) is 0 Å². The van der Waals surface area contributed by atoms with Gasteiger partial charge in [-0.3, -0.25) is 19.2 Å². The van der Waals surface area contributed by atoms with Gasteiger partial charge in [-0.05, 0) is 37.6 Å². The molecule has 0 heterocycles. The fraction of sp³-hybridized carbons (Fsp3) is 0.278. The third kappa shape index (κ3) is 4.77. The zero-order valence-corrected chi connectivity index (χ0v) is 16.7. The smallest absolute Gasteiger partial charge is 0.271 e. The molecule has 0 saturated heterocycles. The van der Waals surface area contributed by atoms with E-state index >= 15 is 0 Å². The number of nitro benzene ring substituents is 1. The predicted molar refractivity (Wildman–Crippen MR) is 106 cm³/mol. The van der Waals surface area contributed by atoms with Crippen molar-refractivity contribution in [1.82, 2.24) is 0 Å². The van der Waals surface area contributed by atoms with Crippen molar-refractivity contribution in [2.75, 3.05) is 23.0 Å². The molecule has 2 aromatic rings. The van der Waals surface area contributed by atoms with Crippen molar-refractivity contribution in [3.63, 3.8) is 0 Å². The molecule has 0 unspecified atom stereocenters. The quantitative estimate of drug-likeness (QED) is 0.557. The van der Waals surface area contributed by atoms with Gasteiger partial charge in [0.15, 0.2) is 0 Å². The van der Waals surface area contributed by atoms with Crippen LogP contribution in [0.4, 0.5) is 17.1 Å². The van der Waals surface area contributed by atoms with E-state index in [0.29, 0.717) is 11.4 Å². The number of amides is 1. The Hall–Kier alpha value is -3.14. The molecule has 2 aromatic carbocycles. The number of hydrogen-bond acceptors (Lipinski definition) is 6. The van der Waals surface area contributed by atoms with Crippen LogP contribution in [0.25, 0.3) is 0 Å². The third-order valence-corrected chi connectivity index (χ3v) is 5.24. The lowest BCUT2D eigenvalue weighted by molar-refractivity contribution is -0.384. The van der Waals surface area contributed by atoms with Gasteiger partial charge in [-0.25, -0.2) is 8.42 Å². The molecule has 1 atom stereocenters. The molecule has 1 amide bonds. The highest BCUT2D eigenvalue weighted by atomic mass is 32.2. The highest BCUT2D eigenvalue weighted by Crippen LogP contribution is 2.28. The first-order valence-corrected chi connectivity index (χ1v) is 10.1. The van der Waals surface area contributed by atoms with Crippen LogP contribution in [0.2, 0.25) is 0 Å². The number of rotatable bonds is 7. The molecule has 0 aliphatic heterocycles. The Morgan fingerprint density at radius 3 is 2.50 bits per heavy atom. The molecule has 0 spiro atoms. The molecule has 1 N–H and O–H groups in total. The highest BCUT2D eigenvalue weighted by molar-refractivity contribution is 7.92. The Morgan fingerprint density at radius 2 is 1.93 bits per heavy atom. The molecule has 0 bridgehead atoms. The number of nitrogens with one attached hydrogen (secondary N) is 1. The number of anilines is 2. The van der Waals surface area contributed by atoms with E-state index < -0.39 is 26.9 Å². The molecule has 10 heteroatoms. The van der Waals surface area contributed by atoms with Gasteiger partial charge in [0.1, 0.15) is 11.8 Å². The van der Waals surface area contributed by atoms with Crippen molar-refractivity contribution in [3.05, 3.63) is 58.1 Å². The molecule has 0 saturated carbocycles. The maximum atomic E-state index is 12.8. The van der Waals surface area contributed by atoms with Crippen LogP contribution in [0.15, 0.2) is 42.5 Å². The van der Waals surface area contributed by atoms with Crippen LogP contribution in [-0.4, -0.2) is 38.7 Å². The summed E-state index contributed by atoms with van der Waals surface area (Å²) in [5.41, 5.74) is 1.02. The second-order valence-corrected chi connectivity index (χ2v) is 8.06. The number of nitro groups is 1. The monoisotopic (exact) mass is 407 g/mol. The predicted octanol–water partition coefficient (Wildman–Crippen LogP) is 2.71. The molecular weight excluding hydrogens is 386 g/mol. The normalized spacial score (nSPS) is 12.1. The molecule has 28 heavy (non-hydrogen) atoms. The zero-order valence-electron chi connectivity index (χ0n) is 15.9. The van der Waals surface area contributed by atoms with Gasteiger partial charge in [0.2, 0.25) is 15.9 Å². The van der Waals surface area contributed by atoms with Gasteiger partial charge >= 0.3 is 0 Å². The number of ether oxygens (including phenoxy) is 1. The number of benzene rings is 2. The average molecular weight is 407 g/mol. The molecule has 2 rings (SSSR count). The highest BCUT2D eigenvalue weighted by Gasteiger charge is 2.30. The summed E-state index contributed by atoms with van der Waals surface area (Å²) in [7, 11) is -2.45. The molecule has 0 aliphatic carbocycles. The van der Waals surface area contributed by atoms with Gasteiger partial charge in [-0.1, -0.05) is 12.1 Å². The maximum absolute atomic E-state index is 12.8. The summed E-state index contributed by atoms with van der Waals surface area (Å²) in [6.07, 6.45) is 0.933. The van der Waals surface area contributed by atoms with Crippen molar-refractivity contribution >= 4 is 33.0 Å². The summed E-state index contributed by atoms with van der Waals surface area (Å²) in [5.74, 6) is -0.187. The van der Waals surface area contributed by atoms with E-state index in [-0.39, 0.29) is 11.4 Å². The Balaban J connectivity index is 2.40. The lowest BCUT2D eigenvalue weighted by atomic mass is 10.2. The van der Waals surface area contributed by atoms with Crippen molar-refractivity contribution in [2.24, 2.45) is 0 Å². The minimum absolute atomic E-state index is 0.0237. The van der Waals surface area contributed by atoms with Crippen molar-refractivity contribution in [2.45, 2.75) is 19.9 Å². The van der Waals surface area contributed by atoms with Crippen LogP contribution >= 0.6 is 0 Å². The number of sulfonamides is 1. The van der Waals surface area contributed by atoms with Crippen LogP contribution in [0.1, 0.15) is 12.5 Å².